The number of nitrogen functional groups attached to an aromatic ring is 1. The lowest BCUT2D eigenvalue weighted by atomic mass is 10.1. The average molecular weight is 502 g/mol. The number of imidazole rings is 1. The molecule has 2 aromatic heterocycles. The highest BCUT2D eigenvalue weighted by atomic mass is 16.7. The fraction of sp³-hybridized carbons (Fsp3) is 0.296. The predicted octanol–water partition coefficient (Wildman–Crippen LogP) is 3.11. The first-order valence-electron chi connectivity index (χ1n) is 12.3. The quantitative estimate of drug-likeness (QED) is 0.535. The SMILES string of the molecule is C=CC(=O)N1CCCC(n2c(=O)n(C3=CCC(Oc4ccc5c(c4)OCO5)C=C3)c3c(N)nccc32)C1. The van der Waals surface area contributed by atoms with Crippen LogP contribution in [0.4, 0.5) is 5.82 Å². The van der Waals surface area contributed by atoms with E-state index < -0.39 is 0 Å². The van der Waals surface area contributed by atoms with Gasteiger partial charge in [-0.3, -0.25) is 13.9 Å². The maximum atomic E-state index is 13.9. The van der Waals surface area contributed by atoms with Gasteiger partial charge in [-0.1, -0.05) is 12.7 Å². The Labute approximate surface area is 212 Å². The van der Waals surface area contributed by atoms with Gasteiger partial charge in [-0.15, -0.1) is 0 Å². The molecule has 0 spiro atoms. The Morgan fingerprint density at radius 3 is 2.92 bits per heavy atom. The summed E-state index contributed by atoms with van der Waals surface area (Å²) in [7, 11) is 0. The second kappa shape index (κ2) is 9.20. The molecule has 190 valence electrons. The number of pyridine rings is 1. The monoisotopic (exact) mass is 501 g/mol. The molecule has 1 saturated heterocycles. The molecule has 2 N–H and O–H groups in total. The number of carbonyl (C=O) groups excluding carboxylic acids is 1. The van der Waals surface area contributed by atoms with Crippen LogP contribution in [0.5, 0.6) is 17.2 Å². The minimum absolute atomic E-state index is 0.130. The number of rotatable bonds is 5. The predicted molar refractivity (Wildman–Crippen MR) is 138 cm³/mol. The molecule has 10 heteroatoms. The first-order chi connectivity index (χ1) is 18.0. The molecule has 1 aliphatic carbocycles. The van der Waals surface area contributed by atoms with Gasteiger partial charge in [0.05, 0.1) is 11.6 Å². The summed E-state index contributed by atoms with van der Waals surface area (Å²) in [5, 5.41) is 0. The molecule has 2 aliphatic heterocycles. The molecule has 1 amide bonds. The van der Waals surface area contributed by atoms with Crippen molar-refractivity contribution in [3.63, 3.8) is 0 Å². The molecule has 4 heterocycles. The van der Waals surface area contributed by atoms with Crippen molar-refractivity contribution in [3.8, 4) is 17.2 Å². The summed E-state index contributed by atoms with van der Waals surface area (Å²) >= 11 is 0. The zero-order chi connectivity index (χ0) is 25.5. The number of carbonyl (C=O) groups is 1. The van der Waals surface area contributed by atoms with E-state index >= 15 is 0 Å². The first kappa shape index (κ1) is 23.0. The van der Waals surface area contributed by atoms with Gasteiger partial charge < -0.3 is 24.8 Å². The van der Waals surface area contributed by atoms with Gasteiger partial charge in [0, 0.05) is 37.5 Å². The number of nitrogens with two attached hydrogens (primary N) is 1. The number of benzene rings is 1. The second-order valence-electron chi connectivity index (χ2n) is 9.23. The van der Waals surface area contributed by atoms with E-state index in [1.807, 2.05) is 36.4 Å². The van der Waals surface area contributed by atoms with Crippen molar-refractivity contribution < 1.29 is 19.0 Å². The fourth-order valence-corrected chi connectivity index (χ4v) is 5.24. The minimum atomic E-state index is -0.210. The molecule has 0 bridgehead atoms. The average Bonchev–Trinajstić information content (AvgIpc) is 3.51. The molecule has 1 fully saturated rings. The van der Waals surface area contributed by atoms with Gasteiger partial charge in [-0.05, 0) is 49.3 Å². The molecular weight excluding hydrogens is 474 g/mol. The molecule has 3 aromatic rings. The third-order valence-corrected chi connectivity index (χ3v) is 6.99. The Morgan fingerprint density at radius 2 is 2.11 bits per heavy atom. The molecule has 37 heavy (non-hydrogen) atoms. The zero-order valence-corrected chi connectivity index (χ0v) is 20.2. The van der Waals surface area contributed by atoms with Gasteiger partial charge in [-0.25, -0.2) is 9.78 Å². The summed E-state index contributed by atoms with van der Waals surface area (Å²) in [5.74, 6) is 2.18. The van der Waals surface area contributed by atoms with Crippen molar-refractivity contribution >= 4 is 28.5 Å². The van der Waals surface area contributed by atoms with E-state index in [-0.39, 0.29) is 36.4 Å². The molecule has 0 radical (unpaired) electrons. The van der Waals surface area contributed by atoms with Gasteiger partial charge in [0.2, 0.25) is 12.7 Å². The summed E-state index contributed by atoms with van der Waals surface area (Å²) in [6, 6.07) is 7.10. The van der Waals surface area contributed by atoms with Crippen LogP contribution in [0, 0.1) is 0 Å². The van der Waals surface area contributed by atoms with Gasteiger partial charge >= 0.3 is 5.69 Å². The Hall–Kier alpha value is -4.47. The summed E-state index contributed by atoms with van der Waals surface area (Å²) in [4.78, 5) is 32.1. The lowest BCUT2D eigenvalue weighted by molar-refractivity contribution is -0.127. The van der Waals surface area contributed by atoms with Crippen LogP contribution in [0.2, 0.25) is 0 Å². The van der Waals surface area contributed by atoms with E-state index in [4.69, 9.17) is 19.9 Å². The van der Waals surface area contributed by atoms with E-state index in [1.54, 1.807) is 26.3 Å². The van der Waals surface area contributed by atoms with Crippen molar-refractivity contribution in [3.05, 3.63) is 71.8 Å². The third kappa shape index (κ3) is 4.04. The number of piperidine rings is 1. The lowest BCUT2D eigenvalue weighted by Crippen LogP contribution is -2.42. The second-order valence-corrected chi connectivity index (χ2v) is 9.23. The fourth-order valence-electron chi connectivity index (χ4n) is 5.24. The van der Waals surface area contributed by atoms with Gasteiger partial charge in [0.1, 0.15) is 23.2 Å². The summed E-state index contributed by atoms with van der Waals surface area (Å²) in [6.45, 7) is 4.89. The number of fused-ring (bicyclic) bond motifs is 2. The molecule has 2 atom stereocenters. The van der Waals surface area contributed by atoms with Crippen LogP contribution >= 0.6 is 0 Å². The smallest absolute Gasteiger partial charge is 0.334 e. The number of nitrogens with zero attached hydrogens (tertiary/aromatic N) is 4. The molecule has 6 rings (SSSR count). The van der Waals surface area contributed by atoms with Crippen LogP contribution in [0.15, 0.2) is 66.1 Å². The van der Waals surface area contributed by atoms with Crippen LogP contribution in [0.3, 0.4) is 0 Å². The largest absolute Gasteiger partial charge is 0.486 e. The number of ether oxygens (including phenoxy) is 3. The van der Waals surface area contributed by atoms with Gasteiger partial charge in [0.15, 0.2) is 11.5 Å². The first-order valence-corrected chi connectivity index (χ1v) is 12.3. The molecule has 10 nitrogen and oxygen atoms in total. The van der Waals surface area contributed by atoms with E-state index in [1.165, 1.54) is 6.08 Å². The summed E-state index contributed by atoms with van der Waals surface area (Å²) in [5.41, 5.74) is 8.04. The van der Waals surface area contributed by atoms with Crippen molar-refractivity contribution in [1.29, 1.82) is 0 Å². The number of hydrogen-bond donors (Lipinski definition) is 1. The molecule has 3 aliphatic rings. The van der Waals surface area contributed by atoms with E-state index in [0.29, 0.717) is 53.5 Å². The normalized spacial score (nSPS) is 20.6. The number of hydrogen-bond acceptors (Lipinski definition) is 7. The van der Waals surface area contributed by atoms with Gasteiger partial charge in [0.25, 0.3) is 0 Å². The molecule has 0 saturated carbocycles. The van der Waals surface area contributed by atoms with Crippen LogP contribution in [0.25, 0.3) is 16.7 Å². The number of anilines is 1. The van der Waals surface area contributed by atoms with Crippen LogP contribution in [-0.4, -0.2) is 50.9 Å². The number of likely N-dealkylation sites (tertiary alicyclic amines) is 1. The highest BCUT2D eigenvalue weighted by Gasteiger charge is 2.29. The van der Waals surface area contributed by atoms with E-state index in [0.717, 1.165) is 12.8 Å². The van der Waals surface area contributed by atoms with Crippen molar-refractivity contribution in [2.75, 3.05) is 25.6 Å². The lowest BCUT2D eigenvalue weighted by Gasteiger charge is -2.32. The number of aromatic nitrogens is 3. The maximum absolute atomic E-state index is 13.9. The Morgan fingerprint density at radius 1 is 1.24 bits per heavy atom. The summed E-state index contributed by atoms with van der Waals surface area (Å²) in [6.07, 6.45) is 10.6. The molecule has 1 aromatic carbocycles. The zero-order valence-electron chi connectivity index (χ0n) is 20.2. The van der Waals surface area contributed by atoms with Crippen LogP contribution in [-0.2, 0) is 4.79 Å². The third-order valence-electron chi connectivity index (χ3n) is 6.99. The Bertz CT molecular complexity index is 1520. The molecule has 2 unspecified atom stereocenters. The molecular formula is C27H27N5O5. The Kier molecular flexibility index (Phi) is 5.71. The van der Waals surface area contributed by atoms with Crippen molar-refractivity contribution in [2.45, 2.75) is 31.4 Å². The minimum Gasteiger partial charge on any atom is -0.486 e. The highest BCUT2D eigenvalue weighted by Crippen LogP contribution is 2.36. The number of amides is 1. The van der Waals surface area contributed by atoms with Crippen LogP contribution < -0.4 is 25.6 Å². The number of allylic oxidation sites excluding steroid dienone is 2. The van der Waals surface area contributed by atoms with E-state index in [9.17, 15) is 9.59 Å². The maximum Gasteiger partial charge on any atom is 0.334 e. The topological polar surface area (TPSA) is 114 Å². The van der Waals surface area contributed by atoms with Gasteiger partial charge in [-0.2, -0.15) is 0 Å². The van der Waals surface area contributed by atoms with E-state index in [2.05, 4.69) is 11.6 Å². The highest BCUT2D eigenvalue weighted by molar-refractivity contribution is 5.90. The van der Waals surface area contributed by atoms with Crippen molar-refractivity contribution in [1.82, 2.24) is 19.0 Å². The standard InChI is InChI=1S/C27H27N5O5/c1-2-24(33)30-13-3-4-18(15-30)31-21-11-12-29-26(28)25(21)32(27(31)34)17-5-7-19(8-6-17)37-20-9-10-22-23(14-20)36-16-35-22/h2,5-7,9-12,14,18-19H,1,3-4,8,13,15-16H2,(H2,28,29). The van der Waals surface area contributed by atoms with Crippen molar-refractivity contribution in [2.24, 2.45) is 0 Å². The van der Waals surface area contributed by atoms with Crippen LogP contribution in [0.1, 0.15) is 25.3 Å². The Balaban J connectivity index is 1.30. The summed E-state index contributed by atoms with van der Waals surface area (Å²) < 4.78 is 20.3.